The maximum Gasteiger partial charge on any atom is 0.159 e. The van der Waals surface area contributed by atoms with Crippen LogP contribution in [0, 0.1) is 0 Å². The normalized spacial score (nSPS) is 11.2. The Morgan fingerprint density at radius 1 is 0.258 bits per heavy atom. The fourth-order valence-electron chi connectivity index (χ4n) is 9.05. The van der Waals surface area contributed by atoms with Crippen LogP contribution in [-0.2, 0) is 0 Å². The molecule has 0 bridgehead atoms. The molecule has 0 aliphatic carbocycles. The number of hydrogen-bond acceptors (Lipinski definition) is 2. The van der Waals surface area contributed by atoms with E-state index in [4.69, 9.17) is 4.42 Å². The van der Waals surface area contributed by atoms with E-state index in [9.17, 15) is 0 Å². The fraction of sp³-hybridized carbons (Fsp3) is 0. The van der Waals surface area contributed by atoms with Crippen molar-refractivity contribution in [2.75, 3.05) is 4.90 Å². The Kier molecular flexibility index (Phi) is 9.57. The van der Waals surface area contributed by atoms with E-state index in [0.717, 1.165) is 94.6 Å². The Balaban J connectivity index is 1.24. The van der Waals surface area contributed by atoms with Crippen LogP contribution in [0.1, 0.15) is 0 Å². The Morgan fingerprint density at radius 3 is 1.31 bits per heavy atom. The molecular formula is C60H41NO. The SMILES string of the molecule is c1ccc(-c2ccc(N(c3cccc(-c4ccccc4)c3-c3ccccc3-c3ccccc3)c3cccc4c3oc3c(-c5ccccc5)ccc(-c5ccccc5)c34)cc2)cc1. The lowest BCUT2D eigenvalue weighted by molar-refractivity contribution is 0.670. The van der Waals surface area contributed by atoms with E-state index < -0.39 is 0 Å². The molecule has 2 heteroatoms. The number of hydrogen-bond donors (Lipinski definition) is 0. The minimum Gasteiger partial charge on any atom is -0.453 e. The van der Waals surface area contributed by atoms with Gasteiger partial charge in [-0.1, -0.05) is 218 Å². The smallest absolute Gasteiger partial charge is 0.159 e. The zero-order valence-corrected chi connectivity index (χ0v) is 34.0. The minimum atomic E-state index is 0.822. The average Bonchev–Trinajstić information content (AvgIpc) is 3.76. The van der Waals surface area contributed by atoms with Crippen LogP contribution in [0.2, 0.25) is 0 Å². The van der Waals surface area contributed by atoms with Crippen LogP contribution in [0.25, 0.3) is 88.7 Å². The summed E-state index contributed by atoms with van der Waals surface area (Å²) in [4.78, 5) is 2.41. The topological polar surface area (TPSA) is 16.4 Å². The number of furan rings is 1. The van der Waals surface area contributed by atoms with Gasteiger partial charge in [0.1, 0.15) is 5.58 Å². The molecule has 0 spiro atoms. The van der Waals surface area contributed by atoms with Crippen molar-refractivity contribution in [2.45, 2.75) is 0 Å². The molecule has 62 heavy (non-hydrogen) atoms. The van der Waals surface area contributed by atoms with E-state index in [1.165, 1.54) is 11.1 Å². The summed E-state index contributed by atoms with van der Waals surface area (Å²) >= 11 is 0. The highest BCUT2D eigenvalue weighted by atomic mass is 16.3. The molecule has 0 unspecified atom stereocenters. The molecule has 0 saturated heterocycles. The lowest BCUT2D eigenvalue weighted by atomic mass is 9.87. The van der Waals surface area contributed by atoms with Crippen molar-refractivity contribution in [3.63, 3.8) is 0 Å². The van der Waals surface area contributed by atoms with Gasteiger partial charge in [-0.05, 0) is 86.0 Å². The zero-order chi connectivity index (χ0) is 41.2. The number of benzene rings is 10. The van der Waals surface area contributed by atoms with Gasteiger partial charge in [-0.2, -0.15) is 0 Å². The summed E-state index contributed by atoms with van der Waals surface area (Å²) in [5.74, 6) is 0. The van der Waals surface area contributed by atoms with Gasteiger partial charge >= 0.3 is 0 Å². The molecular weight excluding hydrogens is 751 g/mol. The molecule has 11 aromatic rings. The second kappa shape index (κ2) is 16.1. The van der Waals surface area contributed by atoms with E-state index in [1.807, 2.05) is 0 Å². The second-order valence-corrected chi connectivity index (χ2v) is 15.6. The Morgan fingerprint density at radius 2 is 0.694 bits per heavy atom. The third-order valence-corrected chi connectivity index (χ3v) is 11.9. The lowest BCUT2D eigenvalue weighted by Gasteiger charge is -2.30. The molecule has 1 aromatic heterocycles. The van der Waals surface area contributed by atoms with Gasteiger partial charge in [-0.15, -0.1) is 0 Å². The monoisotopic (exact) mass is 791 g/mol. The van der Waals surface area contributed by atoms with Gasteiger partial charge in [0, 0.05) is 27.6 Å². The van der Waals surface area contributed by atoms with Gasteiger partial charge in [0.05, 0.1) is 11.4 Å². The van der Waals surface area contributed by atoms with Crippen LogP contribution in [0.4, 0.5) is 17.1 Å². The summed E-state index contributed by atoms with van der Waals surface area (Å²) in [5, 5.41) is 2.16. The van der Waals surface area contributed by atoms with Crippen LogP contribution in [0.3, 0.4) is 0 Å². The van der Waals surface area contributed by atoms with Crippen LogP contribution < -0.4 is 4.90 Å². The maximum atomic E-state index is 7.36. The highest BCUT2D eigenvalue weighted by molar-refractivity contribution is 6.19. The third-order valence-electron chi connectivity index (χ3n) is 11.9. The van der Waals surface area contributed by atoms with Gasteiger partial charge < -0.3 is 9.32 Å². The molecule has 10 aromatic carbocycles. The Hall–Kier alpha value is -8.20. The predicted octanol–water partition coefficient (Wildman–Crippen LogP) is 17.1. The maximum absolute atomic E-state index is 7.36. The standard InChI is InChI=1S/C60H41NO/c1-6-20-42(21-7-1)43-36-38-48(39-37-43)61(55-34-18-32-50(45-24-10-3-11-25-45)57(55)53-31-17-16-30-49(53)44-22-8-2-9-23-44)56-35-19-33-54-58-51(46-26-12-4-13-27-46)40-41-52(60(58)62-59(54)56)47-28-14-5-15-29-47/h1-41H. The van der Waals surface area contributed by atoms with Crippen molar-refractivity contribution in [2.24, 2.45) is 0 Å². The summed E-state index contributed by atoms with van der Waals surface area (Å²) in [6, 6.07) is 88.8. The first-order valence-electron chi connectivity index (χ1n) is 21.2. The first kappa shape index (κ1) is 36.8. The van der Waals surface area contributed by atoms with Crippen molar-refractivity contribution < 1.29 is 4.42 Å². The molecule has 0 aliphatic rings. The number of rotatable bonds is 9. The lowest BCUT2D eigenvalue weighted by Crippen LogP contribution is -2.12. The number of anilines is 3. The van der Waals surface area contributed by atoms with E-state index in [2.05, 4.69) is 254 Å². The van der Waals surface area contributed by atoms with Crippen molar-refractivity contribution in [1.82, 2.24) is 0 Å². The first-order valence-corrected chi connectivity index (χ1v) is 21.2. The van der Waals surface area contributed by atoms with Crippen molar-refractivity contribution >= 4 is 39.0 Å². The number of para-hydroxylation sites is 1. The molecule has 2 nitrogen and oxygen atoms in total. The molecule has 0 radical (unpaired) electrons. The van der Waals surface area contributed by atoms with Crippen molar-refractivity contribution in [3.8, 4) is 66.8 Å². The largest absolute Gasteiger partial charge is 0.453 e. The summed E-state index contributed by atoms with van der Waals surface area (Å²) in [5.41, 5.74) is 18.4. The van der Waals surface area contributed by atoms with Gasteiger partial charge in [-0.25, -0.2) is 0 Å². The van der Waals surface area contributed by atoms with Crippen molar-refractivity contribution in [3.05, 3.63) is 249 Å². The van der Waals surface area contributed by atoms with Crippen LogP contribution in [0.15, 0.2) is 253 Å². The Labute approximate surface area is 362 Å². The van der Waals surface area contributed by atoms with Crippen LogP contribution in [-0.4, -0.2) is 0 Å². The van der Waals surface area contributed by atoms with Crippen molar-refractivity contribution in [1.29, 1.82) is 0 Å². The highest BCUT2D eigenvalue weighted by Gasteiger charge is 2.27. The fourth-order valence-corrected chi connectivity index (χ4v) is 9.05. The molecule has 0 atom stereocenters. The average molecular weight is 792 g/mol. The molecule has 0 N–H and O–H groups in total. The van der Waals surface area contributed by atoms with Crippen LogP contribution >= 0.6 is 0 Å². The van der Waals surface area contributed by atoms with E-state index >= 15 is 0 Å². The van der Waals surface area contributed by atoms with E-state index in [1.54, 1.807) is 0 Å². The minimum absolute atomic E-state index is 0.822. The molecule has 292 valence electrons. The molecule has 0 aliphatic heterocycles. The molecule has 0 fully saturated rings. The summed E-state index contributed by atoms with van der Waals surface area (Å²) in [6.07, 6.45) is 0. The molecule has 1 heterocycles. The summed E-state index contributed by atoms with van der Waals surface area (Å²) in [6.45, 7) is 0. The number of fused-ring (bicyclic) bond motifs is 3. The number of nitrogens with zero attached hydrogens (tertiary/aromatic N) is 1. The summed E-state index contributed by atoms with van der Waals surface area (Å²) in [7, 11) is 0. The molecule has 0 amide bonds. The van der Waals surface area contributed by atoms with E-state index in [-0.39, 0.29) is 0 Å². The van der Waals surface area contributed by atoms with Crippen LogP contribution in [0.5, 0.6) is 0 Å². The predicted molar refractivity (Wildman–Crippen MR) is 261 cm³/mol. The summed E-state index contributed by atoms with van der Waals surface area (Å²) < 4.78 is 7.36. The van der Waals surface area contributed by atoms with E-state index in [0.29, 0.717) is 0 Å². The van der Waals surface area contributed by atoms with Gasteiger partial charge in [-0.3, -0.25) is 0 Å². The third kappa shape index (κ3) is 6.65. The van der Waals surface area contributed by atoms with Gasteiger partial charge in [0.2, 0.25) is 0 Å². The zero-order valence-electron chi connectivity index (χ0n) is 34.0. The van der Waals surface area contributed by atoms with Gasteiger partial charge in [0.15, 0.2) is 5.58 Å². The molecule has 0 saturated carbocycles. The van der Waals surface area contributed by atoms with Gasteiger partial charge in [0.25, 0.3) is 0 Å². The molecule has 11 rings (SSSR count). The quantitative estimate of drug-likeness (QED) is 0.145. The second-order valence-electron chi connectivity index (χ2n) is 15.6. The Bertz CT molecular complexity index is 3300. The highest BCUT2D eigenvalue weighted by Crippen LogP contribution is 2.51. The first-order chi connectivity index (χ1) is 30.8.